The molecule has 0 bridgehead atoms. The van der Waals surface area contributed by atoms with Crippen molar-refractivity contribution in [3.8, 4) is 0 Å². The first kappa shape index (κ1) is 17.9. The van der Waals surface area contributed by atoms with E-state index in [-0.39, 0.29) is 23.9 Å². The second-order valence-corrected chi connectivity index (χ2v) is 6.20. The number of nitrogens with one attached hydrogen (secondary N) is 1. The minimum absolute atomic E-state index is 0. The number of nitrogens with two attached hydrogens (primary N) is 1. The molecule has 1 saturated carbocycles. The number of amides is 1. The van der Waals surface area contributed by atoms with E-state index >= 15 is 0 Å². The zero-order valence-electron chi connectivity index (χ0n) is 12.8. The molecule has 0 aliphatic heterocycles. The summed E-state index contributed by atoms with van der Waals surface area (Å²) in [6, 6.07) is 0. The highest BCUT2D eigenvalue weighted by atomic mass is 35.5. The molecule has 120 valence electrons. The summed E-state index contributed by atoms with van der Waals surface area (Å²) in [4.78, 5) is 12.2. The van der Waals surface area contributed by atoms with E-state index in [1.165, 1.54) is 0 Å². The number of hydrogen-bond acceptors (Lipinski definition) is 4. The quantitative estimate of drug-likeness (QED) is 0.837. The number of aryl methyl sites for hydroxylation is 1. The van der Waals surface area contributed by atoms with Gasteiger partial charge < -0.3 is 11.1 Å². The van der Waals surface area contributed by atoms with Crippen molar-refractivity contribution < 1.29 is 4.79 Å². The monoisotopic (exact) mass is 315 g/mol. The Hall–Kier alpha value is -1.14. The predicted molar refractivity (Wildman–Crippen MR) is 84.4 cm³/mol. The molecular formula is C14H26ClN5O. The van der Waals surface area contributed by atoms with Crippen LogP contribution in [0.4, 0.5) is 0 Å². The maximum absolute atomic E-state index is 12.2. The van der Waals surface area contributed by atoms with Crippen molar-refractivity contribution in [2.45, 2.75) is 58.0 Å². The number of aromatic nitrogens is 3. The Morgan fingerprint density at radius 2 is 2.14 bits per heavy atom. The molecule has 0 radical (unpaired) electrons. The van der Waals surface area contributed by atoms with Crippen LogP contribution in [0, 0.1) is 5.92 Å². The van der Waals surface area contributed by atoms with Crippen LogP contribution in [0.3, 0.4) is 0 Å². The number of hydrogen-bond donors (Lipinski definition) is 2. The van der Waals surface area contributed by atoms with Crippen LogP contribution < -0.4 is 11.1 Å². The van der Waals surface area contributed by atoms with E-state index in [1.807, 2.05) is 0 Å². The van der Waals surface area contributed by atoms with Crippen LogP contribution >= 0.6 is 12.4 Å². The summed E-state index contributed by atoms with van der Waals surface area (Å²) in [7, 11) is 0. The van der Waals surface area contributed by atoms with Gasteiger partial charge in [-0.3, -0.25) is 9.48 Å². The van der Waals surface area contributed by atoms with Gasteiger partial charge in [-0.05, 0) is 25.2 Å². The summed E-state index contributed by atoms with van der Waals surface area (Å²) in [6.07, 6.45) is 6.90. The van der Waals surface area contributed by atoms with Gasteiger partial charge in [0.2, 0.25) is 0 Å². The van der Waals surface area contributed by atoms with Gasteiger partial charge in [-0.1, -0.05) is 31.9 Å². The topological polar surface area (TPSA) is 85.8 Å². The highest BCUT2D eigenvalue weighted by Gasteiger charge is 2.34. The normalized spacial score (nSPS) is 16.8. The lowest BCUT2D eigenvalue weighted by atomic mass is 9.98. The van der Waals surface area contributed by atoms with E-state index in [9.17, 15) is 4.79 Å². The Balaban J connectivity index is 0.00000220. The Labute approximate surface area is 132 Å². The molecule has 2 rings (SSSR count). The highest BCUT2D eigenvalue weighted by Crippen LogP contribution is 2.28. The van der Waals surface area contributed by atoms with E-state index in [0.717, 1.165) is 38.6 Å². The molecular weight excluding hydrogens is 290 g/mol. The SMILES string of the molecule is CC(C)CCn1cc(C(=O)NC2(CN)CCCC2)nn1.Cl. The van der Waals surface area contributed by atoms with Gasteiger partial charge in [-0.15, -0.1) is 17.5 Å². The lowest BCUT2D eigenvalue weighted by molar-refractivity contribution is 0.0898. The van der Waals surface area contributed by atoms with E-state index in [4.69, 9.17) is 5.73 Å². The first-order chi connectivity index (χ1) is 9.54. The van der Waals surface area contributed by atoms with Crippen molar-refractivity contribution in [3.05, 3.63) is 11.9 Å². The second kappa shape index (κ2) is 7.75. The number of carbonyl (C=O) groups excluding carboxylic acids is 1. The van der Waals surface area contributed by atoms with Gasteiger partial charge in [-0.25, -0.2) is 0 Å². The zero-order chi connectivity index (χ0) is 14.6. The van der Waals surface area contributed by atoms with Crippen LogP contribution in [0.2, 0.25) is 0 Å². The summed E-state index contributed by atoms with van der Waals surface area (Å²) in [6.45, 7) is 5.60. The van der Waals surface area contributed by atoms with Gasteiger partial charge in [-0.2, -0.15) is 0 Å². The van der Waals surface area contributed by atoms with E-state index < -0.39 is 0 Å². The fourth-order valence-electron chi connectivity index (χ4n) is 2.64. The van der Waals surface area contributed by atoms with E-state index in [1.54, 1.807) is 10.9 Å². The van der Waals surface area contributed by atoms with Crippen LogP contribution in [0.5, 0.6) is 0 Å². The molecule has 3 N–H and O–H groups in total. The van der Waals surface area contributed by atoms with Crippen molar-refractivity contribution in [1.82, 2.24) is 20.3 Å². The number of nitrogens with zero attached hydrogens (tertiary/aromatic N) is 3. The van der Waals surface area contributed by atoms with Crippen molar-refractivity contribution in [1.29, 1.82) is 0 Å². The molecule has 1 aromatic heterocycles. The predicted octanol–water partition coefficient (Wildman–Crippen LogP) is 1.75. The van der Waals surface area contributed by atoms with Crippen molar-refractivity contribution in [2.75, 3.05) is 6.54 Å². The van der Waals surface area contributed by atoms with Gasteiger partial charge in [0.05, 0.1) is 11.7 Å². The molecule has 0 spiro atoms. The van der Waals surface area contributed by atoms with E-state index in [0.29, 0.717) is 18.2 Å². The molecule has 6 nitrogen and oxygen atoms in total. The Bertz CT molecular complexity index is 454. The van der Waals surface area contributed by atoms with Gasteiger partial charge in [0.15, 0.2) is 5.69 Å². The molecule has 0 unspecified atom stereocenters. The first-order valence-electron chi connectivity index (χ1n) is 7.47. The smallest absolute Gasteiger partial charge is 0.273 e. The van der Waals surface area contributed by atoms with Crippen molar-refractivity contribution in [2.24, 2.45) is 11.7 Å². The molecule has 1 aromatic rings. The molecule has 0 atom stereocenters. The molecule has 0 saturated heterocycles. The van der Waals surface area contributed by atoms with E-state index in [2.05, 4.69) is 29.5 Å². The minimum atomic E-state index is -0.237. The Morgan fingerprint density at radius 3 is 2.71 bits per heavy atom. The number of rotatable bonds is 6. The van der Waals surface area contributed by atoms with Crippen LogP contribution in [-0.2, 0) is 6.54 Å². The maximum Gasteiger partial charge on any atom is 0.273 e. The average Bonchev–Trinajstić information content (AvgIpc) is 3.05. The number of halogens is 1. The Morgan fingerprint density at radius 1 is 1.48 bits per heavy atom. The van der Waals surface area contributed by atoms with Crippen LogP contribution in [-0.4, -0.2) is 33.0 Å². The zero-order valence-corrected chi connectivity index (χ0v) is 13.7. The molecule has 1 aliphatic rings. The third kappa shape index (κ3) is 4.68. The molecule has 7 heteroatoms. The summed E-state index contributed by atoms with van der Waals surface area (Å²) in [5.41, 5.74) is 5.97. The maximum atomic E-state index is 12.2. The van der Waals surface area contributed by atoms with Crippen molar-refractivity contribution in [3.63, 3.8) is 0 Å². The van der Waals surface area contributed by atoms with Gasteiger partial charge >= 0.3 is 0 Å². The second-order valence-electron chi connectivity index (χ2n) is 6.20. The lowest BCUT2D eigenvalue weighted by Gasteiger charge is -2.28. The average molecular weight is 316 g/mol. The summed E-state index contributed by atoms with van der Waals surface area (Å²) in [5.74, 6) is 0.448. The molecule has 1 aliphatic carbocycles. The molecule has 1 heterocycles. The van der Waals surface area contributed by atoms with Gasteiger partial charge in [0, 0.05) is 13.1 Å². The van der Waals surface area contributed by atoms with Crippen molar-refractivity contribution >= 4 is 18.3 Å². The fraction of sp³-hybridized carbons (Fsp3) is 0.786. The first-order valence-corrected chi connectivity index (χ1v) is 7.47. The minimum Gasteiger partial charge on any atom is -0.344 e. The van der Waals surface area contributed by atoms with Gasteiger partial charge in [0.25, 0.3) is 5.91 Å². The molecule has 0 aromatic carbocycles. The highest BCUT2D eigenvalue weighted by molar-refractivity contribution is 5.92. The van der Waals surface area contributed by atoms with Crippen LogP contribution in [0.1, 0.15) is 56.4 Å². The molecule has 1 fully saturated rings. The summed E-state index contributed by atoms with van der Waals surface area (Å²) >= 11 is 0. The fourth-order valence-corrected chi connectivity index (χ4v) is 2.64. The largest absolute Gasteiger partial charge is 0.344 e. The third-order valence-electron chi connectivity index (χ3n) is 4.04. The standard InChI is InChI=1S/C14H25N5O.ClH/c1-11(2)5-8-19-9-12(17-18-19)13(20)16-14(10-15)6-3-4-7-14;/h9,11H,3-8,10,15H2,1-2H3,(H,16,20);1H. The molecule has 21 heavy (non-hydrogen) atoms. The Kier molecular flexibility index (Phi) is 6.61. The summed E-state index contributed by atoms with van der Waals surface area (Å²) < 4.78 is 1.73. The third-order valence-corrected chi connectivity index (χ3v) is 4.04. The number of carbonyl (C=O) groups is 1. The molecule has 1 amide bonds. The van der Waals surface area contributed by atoms with Crippen LogP contribution in [0.25, 0.3) is 0 Å². The summed E-state index contributed by atoms with van der Waals surface area (Å²) in [5, 5.41) is 11.0. The van der Waals surface area contributed by atoms with Crippen LogP contribution in [0.15, 0.2) is 6.20 Å². The lowest BCUT2D eigenvalue weighted by Crippen LogP contribution is -2.51. The van der Waals surface area contributed by atoms with Gasteiger partial charge in [0.1, 0.15) is 0 Å².